The summed E-state index contributed by atoms with van der Waals surface area (Å²) < 4.78 is 14.3. The lowest BCUT2D eigenvalue weighted by atomic mass is 10.1. The zero-order valence-corrected chi connectivity index (χ0v) is 23.2. The quantitative estimate of drug-likeness (QED) is 0.273. The number of carbonyl (C=O) groups is 1. The van der Waals surface area contributed by atoms with E-state index in [1.807, 2.05) is 58.9 Å². The van der Waals surface area contributed by atoms with Crippen LogP contribution in [0.1, 0.15) is 56.8 Å². The van der Waals surface area contributed by atoms with Gasteiger partial charge in [-0.15, -0.1) is 0 Å². The molecule has 2 saturated heterocycles. The normalized spacial score (nSPS) is 16.2. The van der Waals surface area contributed by atoms with Crippen molar-refractivity contribution in [2.75, 3.05) is 26.2 Å². The molecule has 0 radical (unpaired) electrons. The number of amides is 1. The molecular formula is C30H39N7O3. The average molecular weight is 546 g/mol. The van der Waals surface area contributed by atoms with Crippen molar-refractivity contribution in [1.82, 2.24) is 19.4 Å². The summed E-state index contributed by atoms with van der Waals surface area (Å²) in [5.74, 6) is 3.00. The van der Waals surface area contributed by atoms with E-state index in [0.29, 0.717) is 30.1 Å². The highest BCUT2D eigenvalue weighted by Crippen LogP contribution is 2.24. The topological polar surface area (TPSA) is 134 Å². The number of aryl methyl sites for hydroxylation is 1. The molecule has 0 aliphatic carbocycles. The number of imidazole rings is 1. The Morgan fingerprint density at radius 1 is 0.975 bits per heavy atom. The van der Waals surface area contributed by atoms with Gasteiger partial charge in [0, 0.05) is 57.5 Å². The first-order valence-corrected chi connectivity index (χ1v) is 14.2. The van der Waals surface area contributed by atoms with E-state index in [1.54, 1.807) is 0 Å². The van der Waals surface area contributed by atoms with Gasteiger partial charge in [-0.2, -0.15) is 0 Å². The summed E-state index contributed by atoms with van der Waals surface area (Å²) in [6.45, 7) is 5.94. The van der Waals surface area contributed by atoms with Crippen molar-refractivity contribution in [2.45, 2.75) is 64.7 Å². The zero-order chi connectivity index (χ0) is 28.1. The number of nitrogen functional groups attached to an aromatic ring is 1. The second kappa shape index (κ2) is 12.4. The number of hydrogen-bond donors (Lipinski definition) is 3. The van der Waals surface area contributed by atoms with Crippen molar-refractivity contribution in [1.29, 1.82) is 10.8 Å². The molecular weight excluding hydrogens is 506 g/mol. The number of amidine groups is 2. The highest BCUT2D eigenvalue weighted by molar-refractivity contribution is 5.98. The second-order valence-corrected chi connectivity index (χ2v) is 10.6. The summed E-state index contributed by atoms with van der Waals surface area (Å²) in [6.07, 6.45) is 5.67. The van der Waals surface area contributed by atoms with Crippen LogP contribution in [0.15, 0.2) is 42.5 Å². The number of likely N-dealkylation sites (tertiary alicyclic amines) is 2. The fraction of sp³-hybridized carbons (Fsp3) is 0.467. The predicted octanol–water partition coefficient (Wildman–Crippen LogP) is 4.14. The molecule has 5 rings (SSSR count). The number of piperidine rings is 2. The van der Waals surface area contributed by atoms with Crippen molar-refractivity contribution >= 4 is 28.6 Å². The van der Waals surface area contributed by atoms with E-state index in [9.17, 15) is 4.79 Å². The Hall–Kier alpha value is -4.08. The van der Waals surface area contributed by atoms with E-state index in [4.69, 9.17) is 31.0 Å². The summed E-state index contributed by atoms with van der Waals surface area (Å²) in [5, 5.41) is 15.6. The van der Waals surface area contributed by atoms with Gasteiger partial charge in [-0.05, 0) is 68.7 Å². The lowest BCUT2D eigenvalue weighted by Crippen LogP contribution is -2.40. The molecule has 2 fully saturated rings. The molecule has 3 heterocycles. The third kappa shape index (κ3) is 6.55. The van der Waals surface area contributed by atoms with Gasteiger partial charge >= 0.3 is 0 Å². The first-order valence-electron chi connectivity index (χ1n) is 14.2. The van der Waals surface area contributed by atoms with Crippen molar-refractivity contribution in [3.05, 3.63) is 53.9 Å². The number of rotatable bonds is 9. The molecule has 2 aliphatic heterocycles. The Balaban J connectivity index is 1.24. The molecule has 0 unspecified atom stereocenters. The number of aromatic nitrogens is 2. The molecule has 2 aromatic carbocycles. The average Bonchev–Trinajstić information content (AvgIpc) is 3.32. The molecule has 10 heteroatoms. The second-order valence-electron chi connectivity index (χ2n) is 10.6. The van der Waals surface area contributed by atoms with Crippen LogP contribution >= 0.6 is 0 Å². The SMILES string of the molecule is CC(=N)N1CCC(Oc2ccc(OCc3nc4cc(C(=N)N)ccc4n3CCC(=O)N3CCCCC3)cc2)CC1. The molecule has 10 nitrogen and oxygen atoms in total. The molecule has 0 atom stereocenters. The van der Waals surface area contributed by atoms with Crippen LogP contribution in [-0.4, -0.2) is 69.2 Å². The van der Waals surface area contributed by atoms with Crippen LogP contribution < -0.4 is 15.2 Å². The van der Waals surface area contributed by atoms with Crippen molar-refractivity contribution in [3.8, 4) is 11.5 Å². The molecule has 1 aromatic heterocycles. The summed E-state index contributed by atoms with van der Waals surface area (Å²) in [7, 11) is 0. The first kappa shape index (κ1) is 27.5. The Kier molecular flexibility index (Phi) is 8.52. The molecule has 4 N–H and O–H groups in total. The summed E-state index contributed by atoms with van der Waals surface area (Å²) >= 11 is 0. The number of nitrogens with zero attached hydrogens (tertiary/aromatic N) is 4. The minimum absolute atomic E-state index is 0.00720. The molecule has 212 valence electrons. The van der Waals surface area contributed by atoms with Crippen molar-refractivity contribution in [2.24, 2.45) is 5.73 Å². The summed E-state index contributed by atoms with van der Waals surface area (Å²) in [4.78, 5) is 21.7. The van der Waals surface area contributed by atoms with E-state index in [0.717, 1.165) is 74.5 Å². The zero-order valence-electron chi connectivity index (χ0n) is 23.2. The number of ether oxygens (including phenoxy) is 2. The van der Waals surface area contributed by atoms with Crippen LogP contribution in [-0.2, 0) is 17.9 Å². The minimum atomic E-state index is -0.00720. The van der Waals surface area contributed by atoms with Gasteiger partial charge in [0.25, 0.3) is 0 Å². The van der Waals surface area contributed by atoms with E-state index in [2.05, 4.69) is 4.90 Å². The van der Waals surface area contributed by atoms with Gasteiger partial charge in [0.15, 0.2) is 0 Å². The van der Waals surface area contributed by atoms with Crippen LogP contribution in [0.5, 0.6) is 11.5 Å². The van der Waals surface area contributed by atoms with E-state index in [1.165, 1.54) is 6.42 Å². The number of hydrogen-bond acceptors (Lipinski definition) is 6. The molecule has 3 aromatic rings. The number of nitrogens with two attached hydrogens (primary N) is 1. The fourth-order valence-corrected chi connectivity index (χ4v) is 5.48. The summed E-state index contributed by atoms with van der Waals surface area (Å²) in [6, 6.07) is 13.2. The molecule has 0 bridgehead atoms. The predicted molar refractivity (Wildman–Crippen MR) is 155 cm³/mol. The van der Waals surface area contributed by atoms with E-state index >= 15 is 0 Å². The largest absolute Gasteiger partial charge is 0.490 e. The van der Waals surface area contributed by atoms with Gasteiger partial charge in [-0.3, -0.25) is 15.6 Å². The maximum Gasteiger partial charge on any atom is 0.224 e. The van der Waals surface area contributed by atoms with E-state index < -0.39 is 0 Å². The number of fused-ring (bicyclic) bond motifs is 1. The Morgan fingerprint density at radius 3 is 2.35 bits per heavy atom. The fourth-order valence-electron chi connectivity index (χ4n) is 5.48. The highest BCUT2D eigenvalue weighted by Gasteiger charge is 2.21. The number of benzene rings is 2. The molecule has 0 saturated carbocycles. The third-order valence-corrected chi connectivity index (χ3v) is 7.81. The standard InChI is InChI=1S/C30H39N7O3/c1-21(31)35-16-11-25(12-17-35)40-24-8-6-23(7-9-24)39-20-28-34-26-19-22(30(32)33)5-10-27(26)37(28)18-13-29(38)36-14-3-2-4-15-36/h5-10,19,25,31H,2-4,11-18,20H2,1H3,(H3,32,33). The van der Waals surface area contributed by atoms with Crippen LogP contribution in [0.2, 0.25) is 0 Å². The summed E-state index contributed by atoms with van der Waals surface area (Å²) in [5.41, 5.74) is 7.94. The molecule has 1 amide bonds. The van der Waals surface area contributed by atoms with Gasteiger partial charge in [-0.25, -0.2) is 4.98 Å². The first-order chi connectivity index (χ1) is 19.4. The molecule has 2 aliphatic rings. The molecule has 40 heavy (non-hydrogen) atoms. The van der Waals surface area contributed by atoms with Gasteiger partial charge in [0.2, 0.25) is 5.91 Å². The van der Waals surface area contributed by atoms with Gasteiger partial charge in [-0.1, -0.05) is 0 Å². The maximum absolute atomic E-state index is 12.9. The highest BCUT2D eigenvalue weighted by atomic mass is 16.5. The molecule has 0 spiro atoms. The van der Waals surface area contributed by atoms with Gasteiger partial charge in [0.05, 0.1) is 16.9 Å². The van der Waals surface area contributed by atoms with Gasteiger partial charge in [0.1, 0.15) is 35.9 Å². The Morgan fingerprint density at radius 2 is 1.68 bits per heavy atom. The minimum Gasteiger partial charge on any atom is -0.490 e. The Labute approximate surface area is 235 Å². The van der Waals surface area contributed by atoms with E-state index in [-0.39, 0.29) is 24.5 Å². The number of carbonyl (C=O) groups excluding carboxylic acids is 1. The lowest BCUT2D eigenvalue weighted by molar-refractivity contribution is -0.132. The Bertz CT molecular complexity index is 1350. The van der Waals surface area contributed by atoms with Crippen LogP contribution in [0, 0.1) is 10.8 Å². The lowest BCUT2D eigenvalue weighted by Gasteiger charge is -2.32. The van der Waals surface area contributed by atoms with Crippen LogP contribution in [0.25, 0.3) is 11.0 Å². The third-order valence-electron chi connectivity index (χ3n) is 7.81. The number of nitrogens with one attached hydrogen (secondary N) is 2. The van der Waals surface area contributed by atoms with Crippen LogP contribution in [0.3, 0.4) is 0 Å². The van der Waals surface area contributed by atoms with Crippen LogP contribution in [0.4, 0.5) is 0 Å². The van der Waals surface area contributed by atoms with Crippen molar-refractivity contribution < 1.29 is 14.3 Å². The van der Waals surface area contributed by atoms with Crippen molar-refractivity contribution in [3.63, 3.8) is 0 Å². The van der Waals surface area contributed by atoms with Gasteiger partial charge < -0.3 is 29.6 Å². The monoisotopic (exact) mass is 545 g/mol. The maximum atomic E-state index is 12.9. The smallest absolute Gasteiger partial charge is 0.224 e.